The molecule has 1 saturated heterocycles. The van der Waals surface area contributed by atoms with Gasteiger partial charge in [0.2, 0.25) is 5.91 Å². The van der Waals surface area contributed by atoms with Crippen molar-refractivity contribution in [3.05, 3.63) is 70.0 Å². The van der Waals surface area contributed by atoms with Crippen LogP contribution in [0.5, 0.6) is 5.75 Å². The summed E-state index contributed by atoms with van der Waals surface area (Å²) in [5, 5.41) is 13.0. The number of likely N-dealkylation sites (tertiary alicyclic amines) is 1. The van der Waals surface area contributed by atoms with Gasteiger partial charge >= 0.3 is 0 Å². The molecule has 1 aromatic carbocycles. The molecule has 3 aromatic heterocycles. The predicted octanol–water partition coefficient (Wildman–Crippen LogP) is 4.74. The van der Waals surface area contributed by atoms with Crippen LogP contribution in [0.4, 0.5) is 5.82 Å². The summed E-state index contributed by atoms with van der Waals surface area (Å²) < 4.78 is 5.32. The van der Waals surface area contributed by atoms with E-state index in [1.54, 1.807) is 18.4 Å². The molecule has 2 aliphatic rings. The summed E-state index contributed by atoms with van der Waals surface area (Å²) in [4.78, 5) is 20.5. The fraction of sp³-hybridized carbons (Fsp3) is 0.269. The highest BCUT2D eigenvalue weighted by atomic mass is 32.1. The number of fused-ring (bicyclic) bond motifs is 3. The van der Waals surface area contributed by atoms with Crippen molar-refractivity contribution in [3.63, 3.8) is 0 Å². The summed E-state index contributed by atoms with van der Waals surface area (Å²) in [7, 11) is 1.67. The van der Waals surface area contributed by atoms with Crippen molar-refractivity contribution in [2.24, 2.45) is 0 Å². The normalized spacial score (nSPS) is 16.9. The van der Waals surface area contributed by atoms with Crippen LogP contribution in [-0.4, -0.2) is 52.7 Å². The van der Waals surface area contributed by atoms with Crippen LogP contribution in [0.15, 0.2) is 54.0 Å². The van der Waals surface area contributed by atoms with E-state index in [4.69, 9.17) is 4.74 Å². The molecule has 6 rings (SSSR count). The van der Waals surface area contributed by atoms with Crippen LogP contribution in [0.3, 0.4) is 0 Å². The van der Waals surface area contributed by atoms with Crippen LogP contribution in [0.2, 0.25) is 0 Å². The molecule has 4 heterocycles. The van der Waals surface area contributed by atoms with E-state index in [1.807, 2.05) is 36.5 Å². The molecule has 8 heteroatoms. The largest absolute Gasteiger partial charge is 0.497 e. The van der Waals surface area contributed by atoms with Gasteiger partial charge < -0.3 is 10.1 Å². The van der Waals surface area contributed by atoms with Gasteiger partial charge in [-0.1, -0.05) is 6.07 Å². The number of pyridine rings is 1. The van der Waals surface area contributed by atoms with E-state index >= 15 is 0 Å². The van der Waals surface area contributed by atoms with Crippen molar-refractivity contribution in [3.8, 4) is 28.3 Å². The molecule has 1 amide bonds. The Bertz CT molecular complexity index is 1320. The number of hydrogen-bond acceptors (Lipinski definition) is 6. The lowest BCUT2D eigenvalue weighted by molar-refractivity contribution is -0.117. The average molecular weight is 472 g/mol. The highest BCUT2D eigenvalue weighted by Gasteiger charge is 2.36. The number of carbonyl (C=O) groups is 1. The van der Waals surface area contributed by atoms with Gasteiger partial charge in [-0.25, -0.2) is 4.98 Å². The number of aromatic amines is 1. The van der Waals surface area contributed by atoms with E-state index in [0.29, 0.717) is 12.4 Å². The topological polar surface area (TPSA) is 83.1 Å². The monoisotopic (exact) mass is 471 g/mol. The number of nitrogens with one attached hydrogen (secondary N) is 2. The SMILES string of the molecule is COc1ccc(-c2n[nH]c3c2C(c2ccc(NC(=O)CN4CCCC4)nc2)c2sccc2-3)cc1. The minimum Gasteiger partial charge on any atom is -0.497 e. The van der Waals surface area contributed by atoms with Gasteiger partial charge in [0.15, 0.2) is 0 Å². The third-order valence-electron chi connectivity index (χ3n) is 6.64. The van der Waals surface area contributed by atoms with Crippen LogP contribution >= 0.6 is 11.3 Å². The lowest BCUT2D eigenvalue weighted by atomic mass is 9.92. The van der Waals surface area contributed by atoms with Gasteiger partial charge in [-0.3, -0.25) is 14.8 Å². The van der Waals surface area contributed by atoms with Gasteiger partial charge in [-0.15, -0.1) is 11.3 Å². The fourth-order valence-corrected chi connectivity index (χ4v) is 6.02. The molecule has 1 unspecified atom stereocenters. The molecular formula is C26H25N5O2S. The number of anilines is 1. The number of methoxy groups -OCH3 is 1. The van der Waals surface area contributed by atoms with Gasteiger partial charge in [0.05, 0.1) is 25.0 Å². The Morgan fingerprint density at radius 2 is 2.00 bits per heavy atom. The molecule has 2 N–H and O–H groups in total. The standard InChI is InChI=1S/C26H25N5O2S/c1-33-18-7-4-16(5-8-18)24-23-22(26-19(10-13-34-26)25(23)30-29-24)17-6-9-20(27-14-17)28-21(32)15-31-11-2-3-12-31/h4-10,13-14,22H,2-3,11-12,15H2,1H3,(H,29,30)(H,27,28,32). The molecular weight excluding hydrogens is 446 g/mol. The second-order valence-corrected chi connectivity index (χ2v) is 9.68. The van der Waals surface area contributed by atoms with Crippen molar-refractivity contribution in [1.82, 2.24) is 20.1 Å². The quantitative estimate of drug-likeness (QED) is 0.374. The molecule has 0 radical (unpaired) electrons. The van der Waals surface area contributed by atoms with Crippen LogP contribution < -0.4 is 10.1 Å². The van der Waals surface area contributed by atoms with Crippen LogP contribution in [-0.2, 0) is 4.79 Å². The Kier molecular flexibility index (Phi) is 5.39. The maximum atomic E-state index is 12.4. The number of H-pyrrole nitrogens is 1. The van der Waals surface area contributed by atoms with Gasteiger partial charge in [0, 0.05) is 33.7 Å². The molecule has 1 aliphatic heterocycles. The van der Waals surface area contributed by atoms with Gasteiger partial charge in [-0.05, 0) is 73.3 Å². The third kappa shape index (κ3) is 3.69. The van der Waals surface area contributed by atoms with E-state index in [-0.39, 0.29) is 11.8 Å². The van der Waals surface area contributed by atoms with Crippen molar-refractivity contribution < 1.29 is 9.53 Å². The van der Waals surface area contributed by atoms with Crippen LogP contribution in [0.1, 0.15) is 34.8 Å². The number of nitrogens with zero attached hydrogens (tertiary/aromatic N) is 3. The highest BCUT2D eigenvalue weighted by molar-refractivity contribution is 7.10. The van der Waals surface area contributed by atoms with Crippen molar-refractivity contribution in [2.75, 3.05) is 32.1 Å². The number of thiophene rings is 1. The highest BCUT2D eigenvalue weighted by Crippen LogP contribution is 2.52. The first-order chi connectivity index (χ1) is 16.7. The number of ether oxygens (including phenoxy) is 1. The van der Waals surface area contributed by atoms with E-state index in [2.05, 4.69) is 42.9 Å². The summed E-state index contributed by atoms with van der Waals surface area (Å²) in [5.74, 6) is 1.43. The molecule has 0 bridgehead atoms. The third-order valence-corrected chi connectivity index (χ3v) is 7.62. The fourth-order valence-electron chi connectivity index (χ4n) is 4.98. The molecule has 34 heavy (non-hydrogen) atoms. The Morgan fingerprint density at radius 3 is 2.74 bits per heavy atom. The summed E-state index contributed by atoms with van der Waals surface area (Å²) in [5.41, 5.74) is 6.48. The Labute approximate surface area is 201 Å². The molecule has 4 aromatic rings. The minimum absolute atomic E-state index is 0.0116. The van der Waals surface area contributed by atoms with Crippen molar-refractivity contribution >= 4 is 23.1 Å². The summed E-state index contributed by atoms with van der Waals surface area (Å²) >= 11 is 1.75. The van der Waals surface area contributed by atoms with Crippen LogP contribution in [0.25, 0.3) is 22.5 Å². The van der Waals surface area contributed by atoms with E-state index in [0.717, 1.165) is 41.4 Å². The number of hydrogen-bond donors (Lipinski definition) is 2. The molecule has 1 aliphatic carbocycles. The molecule has 0 spiro atoms. The number of carbonyl (C=O) groups excluding carboxylic acids is 1. The maximum Gasteiger partial charge on any atom is 0.239 e. The predicted molar refractivity (Wildman–Crippen MR) is 133 cm³/mol. The Balaban J connectivity index is 1.29. The van der Waals surface area contributed by atoms with Crippen LogP contribution in [0, 0.1) is 0 Å². The first-order valence-electron chi connectivity index (χ1n) is 11.5. The van der Waals surface area contributed by atoms with Crippen molar-refractivity contribution in [2.45, 2.75) is 18.8 Å². The number of rotatable bonds is 6. The Morgan fingerprint density at radius 1 is 1.18 bits per heavy atom. The Hall–Kier alpha value is -3.49. The molecule has 1 atom stereocenters. The second-order valence-electron chi connectivity index (χ2n) is 8.73. The molecule has 172 valence electrons. The summed E-state index contributed by atoms with van der Waals surface area (Å²) in [6, 6.07) is 14.1. The van der Waals surface area contributed by atoms with E-state index < -0.39 is 0 Å². The first kappa shape index (κ1) is 21.1. The molecule has 1 fully saturated rings. The minimum atomic E-state index is -0.0116. The maximum absolute atomic E-state index is 12.4. The lowest BCUT2D eigenvalue weighted by Gasteiger charge is -2.15. The van der Waals surface area contributed by atoms with Gasteiger partial charge in [0.25, 0.3) is 0 Å². The lowest BCUT2D eigenvalue weighted by Crippen LogP contribution is -2.31. The number of amides is 1. The number of benzene rings is 1. The molecule has 7 nitrogen and oxygen atoms in total. The smallest absolute Gasteiger partial charge is 0.239 e. The first-order valence-corrected chi connectivity index (χ1v) is 12.4. The van der Waals surface area contributed by atoms with E-state index in [9.17, 15) is 4.79 Å². The zero-order chi connectivity index (χ0) is 23.1. The van der Waals surface area contributed by atoms with Gasteiger partial charge in [0.1, 0.15) is 11.6 Å². The second kappa shape index (κ2) is 8.70. The summed E-state index contributed by atoms with van der Waals surface area (Å²) in [6.07, 6.45) is 4.21. The zero-order valence-corrected chi connectivity index (χ0v) is 19.7. The average Bonchev–Trinajstić information content (AvgIpc) is 3.64. The van der Waals surface area contributed by atoms with Gasteiger partial charge in [-0.2, -0.15) is 5.10 Å². The zero-order valence-electron chi connectivity index (χ0n) is 18.9. The summed E-state index contributed by atoms with van der Waals surface area (Å²) in [6.45, 7) is 2.41. The van der Waals surface area contributed by atoms with E-state index in [1.165, 1.54) is 28.8 Å². The van der Waals surface area contributed by atoms with Crippen molar-refractivity contribution in [1.29, 1.82) is 0 Å². The molecule has 0 saturated carbocycles. The number of aromatic nitrogens is 3.